The normalized spacial score (nSPS) is 10.0. The van der Waals surface area contributed by atoms with Gasteiger partial charge in [-0.25, -0.2) is 0 Å². The molecule has 1 rings (SSSR count). The average Bonchev–Trinajstić information content (AvgIpc) is 2.55. The molecule has 0 spiro atoms. The van der Waals surface area contributed by atoms with Crippen LogP contribution in [0.4, 0.5) is 0 Å². The Morgan fingerprint density at radius 3 is 2.71 bits per heavy atom. The van der Waals surface area contributed by atoms with Crippen molar-refractivity contribution in [3.8, 4) is 0 Å². The maximum absolute atomic E-state index is 12.1. The van der Waals surface area contributed by atoms with Gasteiger partial charge in [-0.3, -0.25) is 14.3 Å². The molecule has 0 aliphatic carbocycles. The van der Waals surface area contributed by atoms with Crippen LogP contribution in [-0.4, -0.2) is 44.8 Å². The van der Waals surface area contributed by atoms with Crippen molar-refractivity contribution in [2.45, 2.75) is 6.92 Å². The number of aliphatic carboxylic acids is 1. The molecular weight excluding hydrogens is 222 g/mol. The molecule has 0 bridgehead atoms. The van der Waals surface area contributed by atoms with Gasteiger partial charge in [0.1, 0.15) is 6.54 Å². The highest BCUT2D eigenvalue weighted by molar-refractivity contribution is 5.96. The topological polar surface area (TPSA) is 75.4 Å². The maximum Gasteiger partial charge on any atom is 0.323 e. The molecule has 0 fully saturated rings. The Morgan fingerprint density at radius 2 is 2.29 bits per heavy atom. The molecule has 0 aliphatic rings. The minimum atomic E-state index is -1.05. The summed E-state index contributed by atoms with van der Waals surface area (Å²) in [6.07, 6.45) is 3.07. The van der Waals surface area contributed by atoms with Crippen LogP contribution in [0.25, 0.3) is 0 Å². The highest BCUT2D eigenvalue weighted by Gasteiger charge is 2.20. The molecule has 0 saturated carbocycles. The fraction of sp³-hybridized carbons (Fsp3) is 0.364. The third kappa shape index (κ3) is 3.17. The molecule has 6 heteroatoms. The molecule has 6 nitrogen and oxygen atoms in total. The second kappa shape index (κ2) is 5.29. The van der Waals surface area contributed by atoms with Crippen LogP contribution in [0.15, 0.2) is 18.9 Å². The monoisotopic (exact) mass is 237 g/mol. The van der Waals surface area contributed by atoms with Crippen molar-refractivity contribution >= 4 is 11.9 Å². The van der Waals surface area contributed by atoms with Gasteiger partial charge in [0.25, 0.3) is 5.91 Å². The van der Waals surface area contributed by atoms with Crippen molar-refractivity contribution in [2.75, 3.05) is 13.1 Å². The van der Waals surface area contributed by atoms with E-state index in [4.69, 9.17) is 5.11 Å². The second-order valence-corrected chi connectivity index (χ2v) is 3.67. The first-order valence-electron chi connectivity index (χ1n) is 5.08. The Kier molecular flexibility index (Phi) is 4.03. The minimum Gasteiger partial charge on any atom is -0.480 e. The number of nitrogens with zero attached hydrogens (tertiary/aromatic N) is 3. The summed E-state index contributed by atoms with van der Waals surface area (Å²) in [5.74, 6) is -1.40. The van der Waals surface area contributed by atoms with Crippen LogP contribution in [0.3, 0.4) is 0 Å². The van der Waals surface area contributed by atoms with Crippen LogP contribution in [0, 0.1) is 6.92 Å². The molecule has 0 aromatic carbocycles. The molecule has 1 N–H and O–H groups in total. The smallest absolute Gasteiger partial charge is 0.323 e. The predicted octanol–water partition coefficient (Wildman–Crippen LogP) is 0.441. The molecular formula is C11H15N3O3. The van der Waals surface area contributed by atoms with Gasteiger partial charge in [-0.2, -0.15) is 5.10 Å². The lowest BCUT2D eigenvalue weighted by atomic mass is 10.2. The van der Waals surface area contributed by atoms with E-state index in [0.717, 1.165) is 0 Å². The summed E-state index contributed by atoms with van der Waals surface area (Å²) in [7, 11) is 1.71. The Morgan fingerprint density at radius 1 is 1.65 bits per heavy atom. The summed E-state index contributed by atoms with van der Waals surface area (Å²) in [4.78, 5) is 23.9. The maximum atomic E-state index is 12.1. The van der Waals surface area contributed by atoms with E-state index < -0.39 is 5.97 Å². The van der Waals surface area contributed by atoms with Crippen molar-refractivity contribution in [1.82, 2.24) is 14.7 Å². The first-order valence-corrected chi connectivity index (χ1v) is 5.08. The largest absolute Gasteiger partial charge is 0.480 e. The zero-order chi connectivity index (χ0) is 13.0. The Balaban J connectivity index is 2.94. The summed E-state index contributed by atoms with van der Waals surface area (Å²) in [5.41, 5.74) is 0.993. The average molecular weight is 237 g/mol. The Bertz CT molecular complexity index is 451. The van der Waals surface area contributed by atoms with Gasteiger partial charge in [0.2, 0.25) is 0 Å². The van der Waals surface area contributed by atoms with Gasteiger partial charge in [0, 0.05) is 19.8 Å². The van der Waals surface area contributed by atoms with E-state index in [9.17, 15) is 9.59 Å². The molecule has 1 amide bonds. The summed E-state index contributed by atoms with van der Waals surface area (Å²) in [6, 6.07) is 0. The van der Waals surface area contributed by atoms with Crippen LogP contribution < -0.4 is 0 Å². The zero-order valence-corrected chi connectivity index (χ0v) is 9.88. The lowest BCUT2D eigenvalue weighted by Crippen LogP contribution is -2.35. The van der Waals surface area contributed by atoms with E-state index in [2.05, 4.69) is 11.7 Å². The molecule has 1 aromatic rings. The number of hydrogen-bond donors (Lipinski definition) is 1. The van der Waals surface area contributed by atoms with Crippen LogP contribution >= 0.6 is 0 Å². The summed E-state index contributed by atoms with van der Waals surface area (Å²) in [5, 5.41) is 12.8. The molecule has 0 atom stereocenters. The van der Waals surface area contributed by atoms with Gasteiger partial charge in [-0.1, -0.05) is 6.08 Å². The molecule has 0 saturated heterocycles. The first kappa shape index (κ1) is 13.0. The van der Waals surface area contributed by atoms with Crippen molar-refractivity contribution < 1.29 is 14.7 Å². The third-order valence-electron chi connectivity index (χ3n) is 2.21. The summed E-state index contributed by atoms with van der Waals surface area (Å²) >= 11 is 0. The number of aromatic nitrogens is 2. The van der Waals surface area contributed by atoms with Gasteiger partial charge in [0.05, 0.1) is 11.3 Å². The van der Waals surface area contributed by atoms with E-state index in [1.165, 1.54) is 15.7 Å². The summed E-state index contributed by atoms with van der Waals surface area (Å²) < 4.78 is 1.52. The number of hydrogen-bond acceptors (Lipinski definition) is 3. The Hall–Kier alpha value is -2.11. The van der Waals surface area contributed by atoms with Gasteiger partial charge in [0.15, 0.2) is 0 Å². The van der Waals surface area contributed by atoms with Crippen molar-refractivity contribution in [1.29, 1.82) is 0 Å². The molecule has 0 radical (unpaired) electrons. The number of carboxylic acids is 1. The van der Waals surface area contributed by atoms with E-state index in [0.29, 0.717) is 11.3 Å². The Labute approximate surface area is 99.1 Å². The van der Waals surface area contributed by atoms with Gasteiger partial charge in [-0.05, 0) is 6.92 Å². The number of carbonyl (C=O) groups is 2. The number of aryl methyl sites for hydroxylation is 2. The lowest BCUT2D eigenvalue weighted by Gasteiger charge is -2.18. The number of carboxylic acid groups (broad SMARTS) is 1. The number of carbonyl (C=O) groups excluding carboxylic acids is 1. The van der Waals surface area contributed by atoms with Gasteiger partial charge >= 0.3 is 5.97 Å². The molecule has 0 aliphatic heterocycles. The highest BCUT2D eigenvalue weighted by atomic mass is 16.4. The number of rotatable bonds is 5. The molecule has 1 heterocycles. The van der Waals surface area contributed by atoms with Crippen molar-refractivity contribution in [3.63, 3.8) is 0 Å². The minimum absolute atomic E-state index is 0.194. The fourth-order valence-electron chi connectivity index (χ4n) is 1.52. The SMILES string of the molecule is C=CCN(CC(=O)O)C(=O)c1cn(C)nc1C. The van der Waals surface area contributed by atoms with Crippen LogP contribution in [0.2, 0.25) is 0 Å². The quantitative estimate of drug-likeness (QED) is 0.754. The third-order valence-corrected chi connectivity index (χ3v) is 2.21. The molecule has 92 valence electrons. The van der Waals surface area contributed by atoms with Crippen LogP contribution in [0.1, 0.15) is 16.1 Å². The van der Waals surface area contributed by atoms with Crippen LogP contribution in [-0.2, 0) is 11.8 Å². The highest BCUT2D eigenvalue weighted by Crippen LogP contribution is 2.09. The van der Waals surface area contributed by atoms with E-state index in [-0.39, 0.29) is 19.0 Å². The fourth-order valence-corrected chi connectivity index (χ4v) is 1.52. The molecule has 0 unspecified atom stereocenters. The standard InChI is InChI=1S/C11H15N3O3/c1-4-5-14(7-10(15)16)11(17)9-6-13(3)12-8(9)2/h4,6H,1,5,7H2,2-3H3,(H,15,16). The van der Waals surface area contributed by atoms with E-state index in [1.807, 2.05) is 0 Å². The predicted molar refractivity (Wildman–Crippen MR) is 61.7 cm³/mol. The van der Waals surface area contributed by atoms with Crippen molar-refractivity contribution in [2.24, 2.45) is 7.05 Å². The van der Waals surface area contributed by atoms with Gasteiger partial charge in [-0.15, -0.1) is 6.58 Å². The lowest BCUT2D eigenvalue weighted by molar-refractivity contribution is -0.137. The number of amides is 1. The second-order valence-electron chi connectivity index (χ2n) is 3.67. The zero-order valence-electron chi connectivity index (χ0n) is 9.88. The van der Waals surface area contributed by atoms with Gasteiger partial charge < -0.3 is 10.0 Å². The summed E-state index contributed by atoms with van der Waals surface area (Å²) in [6.45, 7) is 5.06. The molecule has 1 aromatic heterocycles. The van der Waals surface area contributed by atoms with Crippen LogP contribution in [0.5, 0.6) is 0 Å². The first-order chi connectivity index (χ1) is 7.95. The van der Waals surface area contributed by atoms with E-state index in [1.54, 1.807) is 20.2 Å². The van der Waals surface area contributed by atoms with Crippen molar-refractivity contribution in [3.05, 3.63) is 30.1 Å². The molecule has 17 heavy (non-hydrogen) atoms. The van der Waals surface area contributed by atoms with E-state index >= 15 is 0 Å².